The van der Waals surface area contributed by atoms with Gasteiger partial charge in [0.15, 0.2) is 0 Å². The van der Waals surface area contributed by atoms with E-state index in [9.17, 15) is 14.7 Å². The molecule has 0 spiro atoms. The van der Waals surface area contributed by atoms with E-state index in [1.807, 2.05) is 13.8 Å². The molecule has 0 aromatic rings. The zero-order valence-corrected chi connectivity index (χ0v) is 12.9. The lowest BCUT2D eigenvalue weighted by Gasteiger charge is -2.38. The summed E-state index contributed by atoms with van der Waals surface area (Å²) in [5.41, 5.74) is -1.74. The van der Waals surface area contributed by atoms with Crippen LogP contribution in [0.1, 0.15) is 53.9 Å². The average Bonchev–Trinajstić information content (AvgIpc) is 2.60. The summed E-state index contributed by atoms with van der Waals surface area (Å²) in [6.07, 6.45) is 1.75. The van der Waals surface area contributed by atoms with Crippen molar-refractivity contribution in [3.05, 3.63) is 0 Å². The molecule has 1 amide bonds. The Morgan fingerprint density at radius 1 is 1.30 bits per heavy atom. The van der Waals surface area contributed by atoms with Crippen molar-refractivity contribution >= 4 is 12.1 Å². The predicted octanol–water partition coefficient (Wildman–Crippen LogP) is 2.79. The number of alkyl carbamates (subject to hydrolysis) is 1. The first kappa shape index (κ1) is 15.1. The summed E-state index contributed by atoms with van der Waals surface area (Å²) in [4.78, 5) is 23.8. The van der Waals surface area contributed by atoms with E-state index in [1.54, 1.807) is 20.8 Å². The van der Waals surface area contributed by atoms with Crippen LogP contribution in [0.25, 0.3) is 0 Å². The third-order valence-corrected chi connectivity index (χ3v) is 5.25. The molecule has 2 bridgehead atoms. The van der Waals surface area contributed by atoms with Crippen molar-refractivity contribution in [2.45, 2.75) is 65.5 Å². The van der Waals surface area contributed by atoms with Crippen molar-refractivity contribution in [2.75, 3.05) is 0 Å². The first-order valence-corrected chi connectivity index (χ1v) is 7.23. The fourth-order valence-electron chi connectivity index (χ4n) is 4.13. The summed E-state index contributed by atoms with van der Waals surface area (Å²) >= 11 is 0. The van der Waals surface area contributed by atoms with Gasteiger partial charge in [-0.05, 0) is 51.4 Å². The Balaban J connectivity index is 2.18. The SMILES string of the molecule is CC(C)(C)OC(=O)NC1CC2CCC1(C(=O)O)C2(C)C. The molecule has 0 radical (unpaired) electrons. The van der Waals surface area contributed by atoms with Gasteiger partial charge in [0.1, 0.15) is 5.60 Å². The summed E-state index contributed by atoms with van der Waals surface area (Å²) in [5, 5.41) is 12.6. The van der Waals surface area contributed by atoms with Crippen LogP contribution in [0.5, 0.6) is 0 Å². The van der Waals surface area contributed by atoms with Crippen LogP contribution in [0, 0.1) is 16.7 Å². The maximum atomic E-state index is 11.9. The van der Waals surface area contributed by atoms with E-state index in [0.29, 0.717) is 12.3 Å². The van der Waals surface area contributed by atoms with Crippen LogP contribution in [0.4, 0.5) is 4.79 Å². The van der Waals surface area contributed by atoms with Gasteiger partial charge in [0.2, 0.25) is 0 Å². The number of nitrogens with one attached hydrogen (secondary N) is 1. The zero-order valence-electron chi connectivity index (χ0n) is 12.9. The molecular formula is C15H25NO4. The second kappa shape index (κ2) is 4.37. The van der Waals surface area contributed by atoms with Gasteiger partial charge in [-0.25, -0.2) is 4.79 Å². The number of ether oxygens (including phenoxy) is 1. The third kappa shape index (κ3) is 2.07. The zero-order chi connectivity index (χ0) is 15.3. The van der Waals surface area contributed by atoms with Gasteiger partial charge in [-0.3, -0.25) is 4.79 Å². The molecular weight excluding hydrogens is 258 g/mol. The Labute approximate surface area is 120 Å². The van der Waals surface area contributed by atoms with Crippen LogP contribution >= 0.6 is 0 Å². The van der Waals surface area contributed by atoms with Gasteiger partial charge in [0.05, 0.1) is 5.41 Å². The number of rotatable bonds is 2. The monoisotopic (exact) mass is 283 g/mol. The van der Waals surface area contributed by atoms with Gasteiger partial charge in [-0.1, -0.05) is 13.8 Å². The highest BCUT2D eigenvalue weighted by Gasteiger charge is 2.68. The van der Waals surface area contributed by atoms with E-state index < -0.39 is 23.1 Å². The normalized spacial score (nSPS) is 34.9. The lowest BCUT2D eigenvalue weighted by atomic mass is 9.67. The Bertz CT molecular complexity index is 438. The highest BCUT2D eigenvalue weighted by atomic mass is 16.6. The second-order valence-electron chi connectivity index (χ2n) is 7.67. The lowest BCUT2D eigenvalue weighted by molar-refractivity contribution is -0.155. The van der Waals surface area contributed by atoms with Crippen LogP contribution < -0.4 is 5.32 Å². The third-order valence-electron chi connectivity index (χ3n) is 5.25. The van der Waals surface area contributed by atoms with Crippen molar-refractivity contribution in [3.63, 3.8) is 0 Å². The van der Waals surface area contributed by atoms with E-state index >= 15 is 0 Å². The number of carbonyl (C=O) groups is 2. The lowest BCUT2D eigenvalue weighted by Crippen LogP contribution is -2.53. The molecule has 2 N–H and O–H groups in total. The second-order valence-corrected chi connectivity index (χ2v) is 7.67. The number of carboxylic acid groups (broad SMARTS) is 1. The van der Waals surface area contributed by atoms with Gasteiger partial charge in [0, 0.05) is 6.04 Å². The Hall–Kier alpha value is -1.26. The maximum Gasteiger partial charge on any atom is 0.407 e. The number of hydrogen-bond donors (Lipinski definition) is 2. The summed E-state index contributed by atoms with van der Waals surface area (Å²) in [6, 6.07) is -0.344. The van der Waals surface area contributed by atoms with E-state index in [2.05, 4.69) is 5.32 Å². The molecule has 2 rings (SSSR count). The summed E-state index contributed by atoms with van der Waals surface area (Å²) in [7, 11) is 0. The van der Waals surface area contributed by atoms with E-state index in [1.165, 1.54) is 0 Å². The number of fused-ring (bicyclic) bond motifs is 2. The molecule has 3 unspecified atom stereocenters. The number of hydrogen-bond acceptors (Lipinski definition) is 3. The molecule has 0 saturated heterocycles. The van der Waals surface area contributed by atoms with E-state index in [4.69, 9.17) is 4.74 Å². The molecule has 114 valence electrons. The summed E-state index contributed by atoms with van der Waals surface area (Å²) in [6.45, 7) is 9.41. The molecule has 0 aliphatic heterocycles. The first-order valence-electron chi connectivity index (χ1n) is 7.23. The molecule has 0 aromatic carbocycles. The standard InChI is InChI=1S/C15H25NO4/c1-13(2,3)20-12(19)16-10-8-9-6-7-15(10,11(17)18)14(9,4)5/h9-10H,6-8H2,1-5H3,(H,16,19)(H,17,18). The molecule has 20 heavy (non-hydrogen) atoms. The van der Waals surface area contributed by atoms with Crippen LogP contribution in [0.15, 0.2) is 0 Å². The average molecular weight is 283 g/mol. The van der Waals surface area contributed by atoms with Crippen molar-refractivity contribution in [3.8, 4) is 0 Å². The summed E-state index contributed by atoms with van der Waals surface area (Å²) in [5.74, 6) is -0.456. The molecule has 0 aromatic heterocycles. The molecule has 2 aliphatic rings. The Kier molecular flexibility index (Phi) is 3.30. The highest BCUT2D eigenvalue weighted by Crippen LogP contribution is 2.65. The van der Waals surface area contributed by atoms with Crippen molar-refractivity contribution < 1.29 is 19.4 Å². The quantitative estimate of drug-likeness (QED) is 0.817. The van der Waals surface area contributed by atoms with Crippen LogP contribution in [-0.4, -0.2) is 28.8 Å². The molecule has 5 nitrogen and oxygen atoms in total. The number of aliphatic carboxylic acids is 1. The van der Waals surface area contributed by atoms with E-state index in [-0.39, 0.29) is 11.5 Å². The Morgan fingerprint density at radius 2 is 1.90 bits per heavy atom. The fourth-order valence-corrected chi connectivity index (χ4v) is 4.13. The van der Waals surface area contributed by atoms with Gasteiger partial charge in [-0.2, -0.15) is 0 Å². The van der Waals surface area contributed by atoms with Crippen LogP contribution in [0.3, 0.4) is 0 Å². The number of carboxylic acids is 1. The smallest absolute Gasteiger partial charge is 0.407 e. The summed E-state index contributed by atoms with van der Waals surface area (Å²) < 4.78 is 5.26. The minimum Gasteiger partial charge on any atom is -0.481 e. The van der Waals surface area contributed by atoms with Crippen molar-refractivity contribution in [1.29, 1.82) is 0 Å². The molecule has 0 heterocycles. The van der Waals surface area contributed by atoms with Gasteiger partial charge in [-0.15, -0.1) is 0 Å². The predicted molar refractivity (Wildman–Crippen MR) is 74.3 cm³/mol. The number of amides is 1. The topological polar surface area (TPSA) is 75.6 Å². The van der Waals surface area contributed by atoms with Crippen LogP contribution in [0.2, 0.25) is 0 Å². The highest BCUT2D eigenvalue weighted by molar-refractivity contribution is 5.80. The fraction of sp³-hybridized carbons (Fsp3) is 0.867. The van der Waals surface area contributed by atoms with Crippen molar-refractivity contribution in [2.24, 2.45) is 16.7 Å². The molecule has 3 atom stereocenters. The van der Waals surface area contributed by atoms with Crippen LogP contribution in [-0.2, 0) is 9.53 Å². The molecule has 2 aliphatic carbocycles. The maximum absolute atomic E-state index is 11.9. The van der Waals surface area contributed by atoms with Gasteiger partial charge >= 0.3 is 12.1 Å². The number of carbonyl (C=O) groups excluding carboxylic acids is 1. The largest absolute Gasteiger partial charge is 0.481 e. The minimum atomic E-state index is -0.866. The first-order chi connectivity index (χ1) is 9.00. The molecule has 2 fully saturated rings. The van der Waals surface area contributed by atoms with Crippen molar-refractivity contribution in [1.82, 2.24) is 5.32 Å². The van der Waals surface area contributed by atoms with E-state index in [0.717, 1.165) is 12.8 Å². The molecule has 2 saturated carbocycles. The Morgan fingerprint density at radius 3 is 2.35 bits per heavy atom. The minimum absolute atomic E-state index is 0.293. The molecule has 5 heteroatoms. The van der Waals surface area contributed by atoms with Gasteiger partial charge < -0.3 is 15.2 Å². The van der Waals surface area contributed by atoms with Gasteiger partial charge in [0.25, 0.3) is 0 Å².